The maximum absolute atomic E-state index is 13.4. The van der Waals surface area contributed by atoms with Crippen LogP contribution in [0.5, 0.6) is 17.2 Å². The molecule has 2 amide bonds. The molecule has 0 radical (unpaired) electrons. The number of nitrogens with one attached hydrogen (secondary N) is 1. The SMILES string of the molecule is COc1cc(NC2=C(c3ccccc3)C(=O)N(CC3CCCO3)C2=O)cc(OC)c1OC. The van der Waals surface area contributed by atoms with Crippen LogP contribution in [0.15, 0.2) is 48.2 Å². The van der Waals surface area contributed by atoms with Gasteiger partial charge in [0.2, 0.25) is 5.75 Å². The molecule has 8 heteroatoms. The minimum atomic E-state index is -0.391. The molecule has 0 spiro atoms. The lowest BCUT2D eigenvalue weighted by Crippen LogP contribution is -2.38. The molecule has 0 aromatic heterocycles. The van der Waals surface area contributed by atoms with E-state index in [0.717, 1.165) is 12.8 Å². The number of carbonyl (C=O) groups excluding carboxylic acids is 2. The fourth-order valence-electron chi connectivity index (χ4n) is 4.02. The van der Waals surface area contributed by atoms with Crippen LogP contribution < -0.4 is 19.5 Å². The number of imide groups is 1. The van der Waals surface area contributed by atoms with Gasteiger partial charge in [0.25, 0.3) is 11.8 Å². The van der Waals surface area contributed by atoms with Gasteiger partial charge in [-0.15, -0.1) is 0 Å². The zero-order chi connectivity index (χ0) is 22.7. The third kappa shape index (κ3) is 4.01. The zero-order valence-electron chi connectivity index (χ0n) is 18.3. The summed E-state index contributed by atoms with van der Waals surface area (Å²) in [4.78, 5) is 28.0. The molecule has 1 fully saturated rings. The lowest BCUT2D eigenvalue weighted by Gasteiger charge is -2.19. The number of amides is 2. The maximum atomic E-state index is 13.4. The summed E-state index contributed by atoms with van der Waals surface area (Å²) >= 11 is 0. The lowest BCUT2D eigenvalue weighted by atomic mass is 10.0. The number of methoxy groups -OCH3 is 3. The van der Waals surface area contributed by atoms with Crippen LogP contribution in [-0.4, -0.2) is 57.3 Å². The van der Waals surface area contributed by atoms with Crippen molar-refractivity contribution in [3.05, 3.63) is 53.7 Å². The Balaban J connectivity index is 1.74. The van der Waals surface area contributed by atoms with Gasteiger partial charge in [-0.25, -0.2) is 0 Å². The normalized spacial score (nSPS) is 18.3. The first-order valence-corrected chi connectivity index (χ1v) is 10.4. The van der Waals surface area contributed by atoms with Crippen LogP contribution in [0.2, 0.25) is 0 Å². The first-order valence-electron chi connectivity index (χ1n) is 10.4. The largest absolute Gasteiger partial charge is 0.493 e. The van der Waals surface area contributed by atoms with E-state index in [1.807, 2.05) is 30.3 Å². The number of carbonyl (C=O) groups is 2. The van der Waals surface area contributed by atoms with E-state index in [1.165, 1.54) is 26.2 Å². The molecule has 2 aromatic carbocycles. The highest BCUT2D eigenvalue weighted by Crippen LogP contribution is 2.41. The second-order valence-electron chi connectivity index (χ2n) is 7.51. The van der Waals surface area contributed by atoms with Crippen molar-refractivity contribution in [3.8, 4) is 17.2 Å². The Labute approximate surface area is 186 Å². The summed E-state index contributed by atoms with van der Waals surface area (Å²) in [6.45, 7) is 0.880. The van der Waals surface area contributed by atoms with Crippen LogP contribution in [-0.2, 0) is 14.3 Å². The molecule has 8 nitrogen and oxygen atoms in total. The Morgan fingerprint density at radius 2 is 1.69 bits per heavy atom. The predicted molar refractivity (Wildman–Crippen MR) is 119 cm³/mol. The number of hydrogen-bond acceptors (Lipinski definition) is 7. The summed E-state index contributed by atoms with van der Waals surface area (Å²) in [5.74, 6) is 0.574. The van der Waals surface area contributed by atoms with Crippen LogP contribution in [0.25, 0.3) is 5.57 Å². The van der Waals surface area contributed by atoms with Crippen molar-refractivity contribution in [2.45, 2.75) is 18.9 Å². The highest BCUT2D eigenvalue weighted by molar-refractivity contribution is 6.36. The van der Waals surface area contributed by atoms with Crippen molar-refractivity contribution in [1.29, 1.82) is 0 Å². The molecule has 1 N–H and O–H groups in total. The maximum Gasteiger partial charge on any atom is 0.278 e. The van der Waals surface area contributed by atoms with Gasteiger partial charge < -0.3 is 24.3 Å². The molecule has 2 aromatic rings. The number of anilines is 1. The smallest absolute Gasteiger partial charge is 0.278 e. The number of rotatable bonds is 8. The van der Waals surface area contributed by atoms with Gasteiger partial charge in [-0.3, -0.25) is 14.5 Å². The summed E-state index contributed by atoms with van der Waals surface area (Å²) in [5, 5.41) is 3.14. The van der Waals surface area contributed by atoms with Crippen LogP contribution >= 0.6 is 0 Å². The average Bonchev–Trinajstić information content (AvgIpc) is 3.41. The molecule has 1 atom stereocenters. The molecule has 0 aliphatic carbocycles. The molecule has 168 valence electrons. The quantitative estimate of drug-likeness (QED) is 0.634. The minimum absolute atomic E-state index is 0.138. The van der Waals surface area contributed by atoms with Gasteiger partial charge in [-0.1, -0.05) is 30.3 Å². The van der Waals surface area contributed by atoms with Crippen molar-refractivity contribution < 1.29 is 28.5 Å². The van der Waals surface area contributed by atoms with E-state index in [9.17, 15) is 9.59 Å². The summed E-state index contributed by atoms with van der Waals surface area (Å²) in [7, 11) is 4.55. The van der Waals surface area contributed by atoms with Crippen molar-refractivity contribution in [3.63, 3.8) is 0 Å². The van der Waals surface area contributed by atoms with Crippen molar-refractivity contribution >= 4 is 23.1 Å². The molecular weight excluding hydrogens is 412 g/mol. The van der Waals surface area contributed by atoms with Crippen molar-refractivity contribution in [1.82, 2.24) is 4.90 Å². The molecule has 4 rings (SSSR count). The Morgan fingerprint density at radius 1 is 1.00 bits per heavy atom. The van der Waals surface area contributed by atoms with E-state index in [2.05, 4.69) is 5.32 Å². The van der Waals surface area contributed by atoms with E-state index < -0.39 is 5.91 Å². The molecular formula is C24H26N2O6. The summed E-state index contributed by atoms with van der Waals surface area (Å²) in [6, 6.07) is 12.5. The number of nitrogens with zero attached hydrogens (tertiary/aromatic N) is 1. The van der Waals surface area contributed by atoms with Gasteiger partial charge in [-0.2, -0.15) is 0 Å². The Bertz CT molecular complexity index is 1020. The topological polar surface area (TPSA) is 86.3 Å². The van der Waals surface area contributed by atoms with Gasteiger partial charge in [0, 0.05) is 24.4 Å². The van der Waals surface area contributed by atoms with E-state index in [1.54, 1.807) is 12.1 Å². The first kappa shape index (κ1) is 21.7. The molecule has 1 saturated heterocycles. The fraction of sp³-hybridized carbons (Fsp3) is 0.333. The van der Waals surface area contributed by atoms with Crippen molar-refractivity contribution in [2.24, 2.45) is 0 Å². The molecule has 0 bridgehead atoms. The summed E-state index contributed by atoms with van der Waals surface area (Å²) in [5.41, 5.74) is 1.72. The van der Waals surface area contributed by atoms with E-state index in [-0.39, 0.29) is 24.3 Å². The number of hydrogen-bond donors (Lipinski definition) is 1. The molecule has 32 heavy (non-hydrogen) atoms. The molecule has 2 aliphatic heterocycles. The molecule has 1 unspecified atom stereocenters. The third-order valence-corrected chi connectivity index (χ3v) is 5.57. The Hall–Kier alpha value is -3.52. The van der Waals surface area contributed by atoms with Crippen LogP contribution in [0.4, 0.5) is 5.69 Å². The van der Waals surface area contributed by atoms with E-state index in [4.69, 9.17) is 18.9 Å². The van der Waals surface area contributed by atoms with Crippen LogP contribution in [0.3, 0.4) is 0 Å². The summed E-state index contributed by atoms with van der Waals surface area (Å²) in [6.07, 6.45) is 1.62. The molecule has 2 heterocycles. The second-order valence-corrected chi connectivity index (χ2v) is 7.51. The van der Waals surface area contributed by atoms with Gasteiger partial charge in [-0.05, 0) is 18.4 Å². The minimum Gasteiger partial charge on any atom is -0.493 e. The van der Waals surface area contributed by atoms with Crippen molar-refractivity contribution in [2.75, 3.05) is 39.8 Å². The molecule has 2 aliphatic rings. The molecule has 0 saturated carbocycles. The standard InChI is InChI=1S/C24H26N2O6/c1-29-18-12-16(13-19(30-2)22(18)31-3)25-21-20(15-8-5-4-6-9-15)23(27)26(24(21)28)14-17-10-7-11-32-17/h4-6,8-9,12-13,17,25H,7,10-11,14H2,1-3H3. The average molecular weight is 438 g/mol. The zero-order valence-corrected chi connectivity index (χ0v) is 18.3. The van der Waals surface area contributed by atoms with Crippen LogP contribution in [0, 0.1) is 0 Å². The highest BCUT2D eigenvalue weighted by atomic mass is 16.5. The summed E-state index contributed by atoms with van der Waals surface area (Å²) < 4.78 is 21.9. The Kier molecular flexibility index (Phi) is 6.32. The van der Waals surface area contributed by atoms with Gasteiger partial charge >= 0.3 is 0 Å². The monoisotopic (exact) mass is 438 g/mol. The second kappa shape index (κ2) is 9.32. The number of benzene rings is 2. The van der Waals surface area contributed by atoms with Gasteiger partial charge in [0.15, 0.2) is 11.5 Å². The Morgan fingerprint density at radius 3 is 2.25 bits per heavy atom. The fourth-order valence-corrected chi connectivity index (χ4v) is 4.02. The first-order chi connectivity index (χ1) is 15.6. The van der Waals surface area contributed by atoms with Gasteiger partial charge in [0.1, 0.15) is 5.70 Å². The van der Waals surface area contributed by atoms with Gasteiger partial charge in [0.05, 0.1) is 39.6 Å². The number of ether oxygens (including phenoxy) is 4. The lowest BCUT2D eigenvalue weighted by molar-refractivity contribution is -0.138. The van der Waals surface area contributed by atoms with E-state index in [0.29, 0.717) is 40.7 Å². The predicted octanol–water partition coefficient (Wildman–Crippen LogP) is 3.08. The van der Waals surface area contributed by atoms with Crippen LogP contribution in [0.1, 0.15) is 18.4 Å². The third-order valence-electron chi connectivity index (χ3n) is 5.57. The highest BCUT2D eigenvalue weighted by Gasteiger charge is 2.40. The van der Waals surface area contributed by atoms with E-state index >= 15 is 0 Å².